The Kier molecular flexibility index (Phi) is 3.03. The van der Waals surface area contributed by atoms with Crippen LogP contribution in [0.3, 0.4) is 0 Å². The summed E-state index contributed by atoms with van der Waals surface area (Å²) in [7, 11) is 0. The van der Waals surface area contributed by atoms with Crippen LogP contribution >= 0.6 is 35.2 Å². The Morgan fingerprint density at radius 3 is 2.91 bits per heavy atom. The first-order valence-electron chi connectivity index (χ1n) is 6.82. The maximum Gasteiger partial charge on any atom is 0.189 e. The molecule has 0 atom stereocenters. The first kappa shape index (κ1) is 13.3. The van der Waals surface area contributed by atoms with Crippen molar-refractivity contribution in [3.05, 3.63) is 35.9 Å². The fourth-order valence-electron chi connectivity index (χ4n) is 2.47. The van der Waals surface area contributed by atoms with Gasteiger partial charge in [0, 0.05) is 17.5 Å². The summed E-state index contributed by atoms with van der Waals surface area (Å²) in [5.74, 6) is 0.769. The van der Waals surface area contributed by atoms with Crippen LogP contribution < -0.4 is 0 Å². The van der Waals surface area contributed by atoms with Crippen molar-refractivity contribution in [1.82, 2.24) is 27.5 Å². The molecule has 23 heavy (non-hydrogen) atoms. The normalized spacial score (nSPS) is 11.8. The molecule has 112 valence electrons. The van der Waals surface area contributed by atoms with E-state index in [1.165, 1.54) is 23.5 Å². The fourth-order valence-corrected chi connectivity index (χ4v) is 4.46. The second-order valence-corrected chi connectivity index (χ2v) is 7.00. The van der Waals surface area contributed by atoms with Crippen molar-refractivity contribution < 1.29 is 0 Å². The molecule has 0 radical (unpaired) electrons. The lowest BCUT2D eigenvalue weighted by atomic mass is 10.2. The van der Waals surface area contributed by atoms with E-state index in [0.29, 0.717) is 0 Å². The van der Waals surface area contributed by atoms with Gasteiger partial charge in [-0.05, 0) is 23.8 Å². The molecule has 0 spiro atoms. The molecule has 1 N–H and O–H groups in total. The zero-order valence-corrected chi connectivity index (χ0v) is 14.0. The number of H-pyrrole nitrogens is 1. The van der Waals surface area contributed by atoms with Crippen molar-refractivity contribution in [1.29, 1.82) is 0 Å². The first-order chi connectivity index (χ1) is 11.4. The maximum atomic E-state index is 4.64. The van der Waals surface area contributed by atoms with Gasteiger partial charge >= 0.3 is 0 Å². The van der Waals surface area contributed by atoms with Crippen LogP contribution in [0.25, 0.3) is 33.1 Å². The zero-order valence-electron chi connectivity index (χ0n) is 11.6. The molecule has 2 aromatic carbocycles. The van der Waals surface area contributed by atoms with Crippen molar-refractivity contribution in [2.75, 3.05) is 0 Å². The van der Waals surface area contributed by atoms with Gasteiger partial charge in [-0.3, -0.25) is 4.37 Å². The molecular formula is C14H8N6S3. The Bertz CT molecular complexity index is 1140. The minimum atomic E-state index is 0.765. The van der Waals surface area contributed by atoms with Crippen molar-refractivity contribution in [2.24, 2.45) is 0 Å². The number of thioether (sulfide) groups is 1. The van der Waals surface area contributed by atoms with E-state index in [1.54, 1.807) is 11.8 Å². The van der Waals surface area contributed by atoms with Crippen LogP contribution in [-0.4, -0.2) is 27.5 Å². The molecule has 0 amide bonds. The number of fused-ring (bicyclic) bond motifs is 4. The number of imidazole rings is 1. The quantitative estimate of drug-likeness (QED) is 0.494. The number of hydrogen-bond acceptors (Lipinski definition) is 8. The number of nitrogens with zero attached hydrogens (tertiary/aromatic N) is 5. The third kappa shape index (κ3) is 2.19. The summed E-state index contributed by atoms with van der Waals surface area (Å²) >= 11 is 4.18. The highest BCUT2D eigenvalue weighted by Crippen LogP contribution is 2.28. The molecule has 0 bridgehead atoms. The van der Waals surface area contributed by atoms with Crippen LogP contribution in [0.5, 0.6) is 0 Å². The monoisotopic (exact) mass is 356 g/mol. The van der Waals surface area contributed by atoms with E-state index in [1.807, 2.05) is 24.3 Å². The zero-order chi connectivity index (χ0) is 15.2. The molecular weight excluding hydrogens is 348 g/mol. The maximum absolute atomic E-state index is 4.64. The molecule has 3 heterocycles. The molecule has 9 heteroatoms. The number of aromatic amines is 1. The molecule has 0 aliphatic carbocycles. The van der Waals surface area contributed by atoms with Crippen LogP contribution in [0.1, 0.15) is 5.56 Å². The highest BCUT2D eigenvalue weighted by atomic mass is 32.2. The van der Waals surface area contributed by atoms with Gasteiger partial charge in [-0.2, -0.15) is 13.1 Å². The van der Waals surface area contributed by atoms with Crippen LogP contribution in [0.2, 0.25) is 0 Å². The van der Waals surface area contributed by atoms with Gasteiger partial charge in [-0.25, -0.2) is 9.97 Å². The summed E-state index contributed by atoms with van der Waals surface area (Å²) < 4.78 is 16.2. The number of aromatic nitrogens is 6. The van der Waals surface area contributed by atoms with Crippen molar-refractivity contribution >= 4 is 68.3 Å². The largest absolute Gasteiger partial charge is 0.293 e. The smallest absolute Gasteiger partial charge is 0.189 e. The lowest BCUT2D eigenvalue weighted by molar-refractivity contribution is 1.08. The Hall–Kier alpha value is -2.10. The van der Waals surface area contributed by atoms with E-state index in [0.717, 1.165) is 49.6 Å². The van der Waals surface area contributed by atoms with E-state index in [9.17, 15) is 0 Å². The highest BCUT2D eigenvalue weighted by molar-refractivity contribution is 7.98. The molecule has 5 aromatic rings. The number of rotatable bonds is 3. The summed E-state index contributed by atoms with van der Waals surface area (Å²) in [5.41, 5.74) is 6.69. The Balaban J connectivity index is 1.50. The summed E-state index contributed by atoms with van der Waals surface area (Å²) in [4.78, 5) is 9.23. The number of nitrogens with one attached hydrogen (secondary N) is 1. The standard InChI is InChI=1S/C14H8N6S3/c1-2-7(11-9(3-1)17-22-19-11)6-21-14-15-8-4-5-10-13(12(8)16-14)20-23-18-10/h1-5,18H,6H2. The van der Waals surface area contributed by atoms with Crippen molar-refractivity contribution in [3.63, 3.8) is 0 Å². The van der Waals surface area contributed by atoms with E-state index in [2.05, 4.69) is 33.5 Å². The van der Waals surface area contributed by atoms with E-state index in [-0.39, 0.29) is 0 Å². The molecule has 3 aromatic heterocycles. The average molecular weight is 356 g/mol. The van der Waals surface area contributed by atoms with Gasteiger partial charge in [0.1, 0.15) is 22.1 Å². The molecule has 0 unspecified atom stereocenters. The van der Waals surface area contributed by atoms with Gasteiger partial charge in [-0.15, -0.1) is 0 Å². The topological polar surface area (TPSA) is 80.2 Å². The van der Waals surface area contributed by atoms with Crippen LogP contribution in [-0.2, 0) is 5.75 Å². The molecule has 0 aliphatic rings. The van der Waals surface area contributed by atoms with Gasteiger partial charge < -0.3 is 0 Å². The van der Waals surface area contributed by atoms with Crippen LogP contribution in [0.15, 0.2) is 35.5 Å². The average Bonchev–Trinajstić information content (AvgIpc) is 3.29. The number of benzene rings is 2. The second-order valence-electron chi connectivity index (χ2n) is 4.96. The third-order valence-corrected chi connectivity index (χ3v) is 5.60. The minimum absolute atomic E-state index is 0.765. The van der Waals surface area contributed by atoms with E-state index in [4.69, 9.17) is 0 Å². The van der Waals surface area contributed by atoms with E-state index < -0.39 is 0 Å². The van der Waals surface area contributed by atoms with Crippen LogP contribution in [0, 0.1) is 0 Å². The van der Waals surface area contributed by atoms with Gasteiger partial charge in [0.15, 0.2) is 5.16 Å². The summed E-state index contributed by atoms with van der Waals surface area (Å²) in [6.45, 7) is 0. The lowest BCUT2D eigenvalue weighted by Crippen LogP contribution is -1.84. The molecule has 6 nitrogen and oxygen atoms in total. The predicted molar refractivity (Wildman–Crippen MR) is 94.0 cm³/mol. The second kappa shape index (κ2) is 5.22. The van der Waals surface area contributed by atoms with Gasteiger partial charge in [0.25, 0.3) is 0 Å². The Labute approximate surface area is 142 Å². The molecule has 0 saturated carbocycles. The van der Waals surface area contributed by atoms with E-state index >= 15 is 0 Å². The summed E-state index contributed by atoms with van der Waals surface area (Å²) in [6, 6.07) is 10.0. The van der Waals surface area contributed by atoms with Gasteiger partial charge in [0.2, 0.25) is 0 Å². The minimum Gasteiger partial charge on any atom is -0.293 e. The van der Waals surface area contributed by atoms with Crippen molar-refractivity contribution in [3.8, 4) is 0 Å². The molecule has 5 rings (SSSR count). The third-order valence-electron chi connectivity index (χ3n) is 3.57. The summed E-state index contributed by atoms with van der Waals surface area (Å²) in [5, 5.41) is 0.765. The predicted octanol–water partition coefficient (Wildman–Crippen LogP) is 3.86. The summed E-state index contributed by atoms with van der Waals surface area (Å²) in [6.07, 6.45) is 0. The first-order valence-corrected chi connectivity index (χ1v) is 9.31. The van der Waals surface area contributed by atoms with Gasteiger partial charge in [0.05, 0.1) is 22.8 Å². The van der Waals surface area contributed by atoms with Gasteiger partial charge in [-0.1, -0.05) is 23.9 Å². The van der Waals surface area contributed by atoms with Crippen molar-refractivity contribution in [2.45, 2.75) is 10.9 Å². The lowest BCUT2D eigenvalue weighted by Gasteiger charge is -1.98. The Morgan fingerprint density at radius 2 is 1.91 bits per heavy atom. The molecule has 0 fully saturated rings. The Morgan fingerprint density at radius 1 is 0.913 bits per heavy atom. The van der Waals surface area contributed by atoms with Crippen LogP contribution in [0.4, 0.5) is 0 Å². The highest BCUT2D eigenvalue weighted by Gasteiger charge is 2.12. The fraction of sp³-hybridized carbons (Fsp3) is 0.0714. The molecule has 0 aliphatic heterocycles. The SMILES string of the molecule is c1cc(CSc2nc3ccc4[nH]snc4c3n2)c2nsnc2c1. The molecule has 0 saturated heterocycles. The number of hydrogen-bond donors (Lipinski definition) is 1.